The minimum atomic E-state index is -0.799. The number of carbonyl (C=O) groups is 2. The van der Waals surface area contributed by atoms with Crippen molar-refractivity contribution in [3.63, 3.8) is 0 Å². The molecule has 1 aromatic heterocycles. The van der Waals surface area contributed by atoms with Gasteiger partial charge in [-0.1, -0.05) is 0 Å². The topological polar surface area (TPSA) is 151 Å². The van der Waals surface area contributed by atoms with Crippen molar-refractivity contribution in [2.75, 3.05) is 32.0 Å². The average Bonchev–Trinajstić information content (AvgIpc) is 3.29. The lowest BCUT2D eigenvalue weighted by Crippen LogP contribution is -2.89. The van der Waals surface area contributed by atoms with E-state index in [9.17, 15) is 14.4 Å². The SMILES string of the molecule is Nc1ccn([C@@H]2CO[C@H](COC(=O)CNC(=O)C3CCC[NH2+]3)O2)c(=O)n1. The summed E-state index contributed by atoms with van der Waals surface area (Å²) in [4.78, 5) is 38.9. The monoisotopic (exact) mass is 368 g/mol. The molecule has 3 atom stereocenters. The Hall–Kier alpha value is -2.50. The molecule has 3 heterocycles. The number of amides is 1. The number of aromatic nitrogens is 2. The van der Waals surface area contributed by atoms with Gasteiger partial charge in [-0.3, -0.25) is 14.2 Å². The molecule has 0 aromatic carbocycles. The van der Waals surface area contributed by atoms with Crippen LogP contribution >= 0.6 is 0 Å². The Kier molecular flexibility index (Phi) is 5.81. The molecule has 2 aliphatic heterocycles. The van der Waals surface area contributed by atoms with Gasteiger partial charge in [-0.25, -0.2) is 4.79 Å². The Labute approximate surface area is 148 Å². The van der Waals surface area contributed by atoms with Gasteiger partial charge in [-0.2, -0.15) is 4.98 Å². The van der Waals surface area contributed by atoms with E-state index in [4.69, 9.17) is 19.9 Å². The largest absolute Gasteiger partial charge is 0.459 e. The quantitative estimate of drug-likeness (QED) is 0.452. The van der Waals surface area contributed by atoms with E-state index in [0.29, 0.717) is 0 Å². The highest BCUT2D eigenvalue weighted by molar-refractivity contribution is 5.84. The third-order valence-electron chi connectivity index (χ3n) is 4.19. The number of quaternary nitrogens is 1. The molecular weight excluding hydrogens is 346 g/mol. The highest BCUT2D eigenvalue weighted by Crippen LogP contribution is 2.19. The third-order valence-corrected chi connectivity index (χ3v) is 4.19. The van der Waals surface area contributed by atoms with Crippen LogP contribution in [0.4, 0.5) is 5.82 Å². The first-order valence-corrected chi connectivity index (χ1v) is 8.41. The molecule has 2 aliphatic rings. The van der Waals surface area contributed by atoms with Crippen LogP contribution in [-0.4, -0.2) is 60.1 Å². The molecule has 1 amide bonds. The van der Waals surface area contributed by atoms with Crippen molar-refractivity contribution in [3.05, 3.63) is 22.7 Å². The normalized spacial score (nSPS) is 25.2. The van der Waals surface area contributed by atoms with Gasteiger partial charge >= 0.3 is 11.7 Å². The number of anilines is 1. The molecule has 11 heteroatoms. The number of rotatable bonds is 6. The van der Waals surface area contributed by atoms with Gasteiger partial charge < -0.3 is 30.6 Å². The number of nitrogens with two attached hydrogens (primary N) is 2. The second-order valence-corrected chi connectivity index (χ2v) is 6.07. The summed E-state index contributed by atoms with van der Waals surface area (Å²) in [5.74, 6) is -0.630. The summed E-state index contributed by atoms with van der Waals surface area (Å²) in [7, 11) is 0. The second-order valence-electron chi connectivity index (χ2n) is 6.07. The van der Waals surface area contributed by atoms with E-state index in [1.807, 2.05) is 5.32 Å². The van der Waals surface area contributed by atoms with Crippen molar-refractivity contribution in [1.82, 2.24) is 14.9 Å². The number of hydrogen-bond acceptors (Lipinski definition) is 8. The molecule has 2 fully saturated rings. The van der Waals surface area contributed by atoms with Gasteiger partial charge in [0, 0.05) is 19.0 Å². The number of nitrogens with one attached hydrogen (secondary N) is 1. The summed E-state index contributed by atoms with van der Waals surface area (Å²) in [5.41, 5.74) is 4.89. The molecule has 0 radical (unpaired) electrons. The predicted molar refractivity (Wildman–Crippen MR) is 86.6 cm³/mol. The predicted octanol–water partition coefficient (Wildman–Crippen LogP) is -2.92. The molecule has 3 rings (SSSR count). The fourth-order valence-electron chi connectivity index (χ4n) is 2.84. The molecule has 1 aromatic rings. The summed E-state index contributed by atoms with van der Waals surface area (Å²) in [5, 5.41) is 4.51. The molecule has 1 unspecified atom stereocenters. The highest BCUT2D eigenvalue weighted by Gasteiger charge is 2.30. The Balaban J connectivity index is 1.39. The van der Waals surface area contributed by atoms with Crippen molar-refractivity contribution in [1.29, 1.82) is 0 Å². The number of hydrogen-bond donors (Lipinski definition) is 3. The Morgan fingerprint density at radius 3 is 3.08 bits per heavy atom. The van der Waals surface area contributed by atoms with Gasteiger partial charge in [0.15, 0.2) is 18.6 Å². The molecule has 2 saturated heterocycles. The van der Waals surface area contributed by atoms with Gasteiger partial charge in [-0.05, 0) is 6.07 Å². The summed E-state index contributed by atoms with van der Waals surface area (Å²) in [6, 6.07) is 1.35. The van der Waals surface area contributed by atoms with E-state index < -0.39 is 24.2 Å². The molecular formula is C15H22N5O6+. The van der Waals surface area contributed by atoms with Crippen LogP contribution in [0.25, 0.3) is 0 Å². The Morgan fingerprint density at radius 2 is 2.35 bits per heavy atom. The van der Waals surface area contributed by atoms with Crippen LogP contribution in [0.1, 0.15) is 19.1 Å². The summed E-state index contributed by atoms with van der Waals surface area (Å²) >= 11 is 0. The standard InChI is InChI=1S/C15H21N5O6/c16-10-3-5-20(15(23)19-10)11-7-25-13(26-11)8-24-12(21)6-18-14(22)9-2-1-4-17-9/h3,5,9,11,13,17H,1-2,4,6-8H2,(H,18,22)(H2,16,19,23)/p+1/t9?,11-,13-/m0/s1. The van der Waals surface area contributed by atoms with Crippen molar-refractivity contribution in [2.24, 2.45) is 0 Å². The molecule has 142 valence electrons. The first-order chi connectivity index (χ1) is 12.5. The van der Waals surface area contributed by atoms with E-state index >= 15 is 0 Å². The number of nitrogen functional groups attached to an aromatic ring is 1. The molecule has 26 heavy (non-hydrogen) atoms. The minimum absolute atomic E-state index is 0.113. The van der Waals surface area contributed by atoms with Crippen LogP contribution in [-0.2, 0) is 23.8 Å². The van der Waals surface area contributed by atoms with E-state index in [2.05, 4.69) is 10.3 Å². The number of nitrogens with zero attached hydrogens (tertiary/aromatic N) is 2. The lowest BCUT2D eigenvalue weighted by molar-refractivity contribution is -0.657. The maximum atomic E-state index is 11.8. The van der Waals surface area contributed by atoms with Gasteiger partial charge in [0.05, 0.1) is 13.2 Å². The molecule has 0 spiro atoms. The first-order valence-electron chi connectivity index (χ1n) is 8.41. The van der Waals surface area contributed by atoms with E-state index in [-0.39, 0.29) is 37.5 Å². The zero-order chi connectivity index (χ0) is 18.5. The fraction of sp³-hybridized carbons (Fsp3) is 0.600. The van der Waals surface area contributed by atoms with E-state index in [0.717, 1.165) is 19.4 Å². The third kappa shape index (κ3) is 4.56. The smallest absolute Gasteiger partial charge is 0.351 e. The minimum Gasteiger partial charge on any atom is -0.459 e. The first kappa shape index (κ1) is 18.3. The van der Waals surface area contributed by atoms with Gasteiger partial charge in [-0.15, -0.1) is 0 Å². The van der Waals surface area contributed by atoms with Crippen molar-refractivity contribution in [2.45, 2.75) is 31.4 Å². The zero-order valence-electron chi connectivity index (χ0n) is 14.1. The zero-order valence-corrected chi connectivity index (χ0v) is 14.1. The van der Waals surface area contributed by atoms with Crippen LogP contribution in [0.15, 0.2) is 17.1 Å². The van der Waals surface area contributed by atoms with Gasteiger partial charge in [0.2, 0.25) is 0 Å². The van der Waals surface area contributed by atoms with Crippen LogP contribution in [0, 0.1) is 0 Å². The van der Waals surface area contributed by atoms with Crippen LogP contribution in [0.2, 0.25) is 0 Å². The summed E-state index contributed by atoms with van der Waals surface area (Å²) < 4.78 is 17.2. The van der Waals surface area contributed by atoms with Crippen molar-refractivity contribution < 1.29 is 29.1 Å². The Morgan fingerprint density at radius 1 is 1.50 bits per heavy atom. The number of carbonyl (C=O) groups excluding carboxylic acids is 2. The highest BCUT2D eigenvalue weighted by atomic mass is 16.7. The molecule has 0 saturated carbocycles. The van der Waals surface area contributed by atoms with Crippen molar-refractivity contribution >= 4 is 17.7 Å². The van der Waals surface area contributed by atoms with Gasteiger partial charge in [0.25, 0.3) is 5.91 Å². The molecule has 0 aliphatic carbocycles. The maximum Gasteiger partial charge on any atom is 0.351 e. The van der Waals surface area contributed by atoms with E-state index in [1.165, 1.54) is 16.8 Å². The van der Waals surface area contributed by atoms with E-state index in [1.54, 1.807) is 0 Å². The summed E-state index contributed by atoms with van der Waals surface area (Å²) in [6.45, 7) is 0.688. The average molecular weight is 368 g/mol. The second kappa shape index (κ2) is 8.25. The lowest BCUT2D eigenvalue weighted by Gasteiger charge is -2.14. The molecule has 5 N–H and O–H groups in total. The maximum absolute atomic E-state index is 11.8. The fourth-order valence-corrected chi connectivity index (χ4v) is 2.84. The van der Waals surface area contributed by atoms with Crippen LogP contribution in [0.5, 0.6) is 0 Å². The van der Waals surface area contributed by atoms with Crippen molar-refractivity contribution in [3.8, 4) is 0 Å². The Bertz CT molecular complexity index is 717. The molecule has 0 bridgehead atoms. The van der Waals surface area contributed by atoms with Crippen LogP contribution < -0.4 is 22.1 Å². The number of ether oxygens (including phenoxy) is 3. The van der Waals surface area contributed by atoms with Crippen LogP contribution in [0.3, 0.4) is 0 Å². The molecule has 11 nitrogen and oxygen atoms in total. The summed E-state index contributed by atoms with van der Waals surface area (Å²) in [6.07, 6.45) is 1.80. The number of esters is 1. The van der Waals surface area contributed by atoms with Gasteiger partial charge in [0.1, 0.15) is 19.0 Å². The lowest BCUT2D eigenvalue weighted by atomic mass is 10.2.